The molecular formula is C20H19FO5. The Hall–Kier alpha value is -2.73. The molecule has 0 saturated carbocycles. The summed E-state index contributed by atoms with van der Waals surface area (Å²) in [6.07, 6.45) is -2.04. The van der Waals surface area contributed by atoms with E-state index in [1.54, 1.807) is 60.7 Å². The van der Waals surface area contributed by atoms with E-state index in [2.05, 4.69) is 0 Å². The molecule has 1 aliphatic rings. The fourth-order valence-electron chi connectivity index (χ4n) is 2.73. The number of hydrogen-bond acceptors (Lipinski definition) is 5. The fraction of sp³-hybridized carbons (Fsp3) is 0.300. The van der Waals surface area contributed by atoms with Gasteiger partial charge in [-0.05, 0) is 31.2 Å². The van der Waals surface area contributed by atoms with E-state index in [0.717, 1.165) is 0 Å². The SMILES string of the molecule is C[C@]1(F)CO[C@H](COC(=O)c2ccccc2)[C@H]1OC(=O)c1ccccc1. The van der Waals surface area contributed by atoms with Gasteiger partial charge in [0, 0.05) is 0 Å². The Morgan fingerprint density at radius 2 is 1.58 bits per heavy atom. The molecule has 136 valence electrons. The Morgan fingerprint density at radius 1 is 1.04 bits per heavy atom. The lowest BCUT2D eigenvalue weighted by Crippen LogP contribution is -2.43. The second-order valence-corrected chi connectivity index (χ2v) is 6.28. The number of carbonyl (C=O) groups is 2. The molecule has 0 unspecified atom stereocenters. The number of ether oxygens (including phenoxy) is 3. The van der Waals surface area contributed by atoms with Crippen molar-refractivity contribution in [3.05, 3.63) is 71.8 Å². The standard InChI is InChI=1S/C20H19FO5/c1-20(21)13-25-16(12-24-18(22)14-8-4-2-5-9-14)17(20)26-19(23)15-10-6-3-7-11-15/h2-11,16-17H,12-13H2,1H3/t16-,17-,20+/m1/s1. The minimum atomic E-state index is -1.87. The van der Waals surface area contributed by atoms with Gasteiger partial charge in [0.1, 0.15) is 12.7 Å². The number of rotatable bonds is 5. The summed E-state index contributed by atoms with van der Waals surface area (Å²) in [5.74, 6) is -1.20. The zero-order valence-electron chi connectivity index (χ0n) is 14.3. The van der Waals surface area contributed by atoms with Gasteiger partial charge in [-0.1, -0.05) is 36.4 Å². The second kappa shape index (κ2) is 7.66. The molecule has 2 aromatic rings. The molecule has 3 rings (SSSR count). The van der Waals surface area contributed by atoms with Crippen molar-refractivity contribution < 1.29 is 28.2 Å². The Balaban J connectivity index is 1.64. The number of hydrogen-bond donors (Lipinski definition) is 0. The van der Waals surface area contributed by atoms with Crippen LogP contribution in [0.3, 0.4) is 0 Å². The summed E-state index contributed by atoms with van der Waals surface area (Å²) < 4.78 is 30.6. The third-order valence-electron chi connectivity index (χ3n) is 4.14. The van der Waals surface area contributed by atoms with Crippen LogP contribution in [-0.4, -0.2) is 43.0 Å². The Labute approximate surface area is 150 Å². The average molecular weight is 358 g/mol. The molecule has 5 nitrogen and oxygen atoms in total. The number of halogens is 1. The maximum atomic E-state index is 14.7. The van der Waals surface area contributed by atoms with E-state index in [0.29, 0.717) is 11.1 Å². The molecule has 6 heteroatoms. The van der Waals surface area contributed by atoms with Crippen LogP contribution >= 0.6 is 0 Å². The molecule has 1 saturated heterocycles. The summed E-state index contributed by atoms with van der Waals surface area (Å²) in [7, 11) is 0. The van der Waals surface area contributed by atoms with Gasteiger partial charge in [0.05, 0.1) is 17.7 Å². The predicted octanol–water partition coefficient (Wildman–Crippen LogP) is 3.20. The maximum Gasteiger partial charge on any atom is 0.338 e. The number of benzene rings is 2. The van der Waals surface area contributed by atoms with Crippen molar-refractivity contribution in [2.24, 2.45) is 0 Å². The van der Waals surface area contributed by atoms with E-state index >= 15 is 0 Å². The lowest BCUT2D eigenvalue weighted by Gasteiger charge is -2.24. The van der Waals surface area contributed by atoms with Crippen molar-refractivity contribution in [3.63, 3.8) is 0 Å². The van der Waals surface area contributed by atoms with Crippen LogP contribution in [0.2, 0.25) is 0 Å². The van der Waals surface area contributed by atoms with Gasteiger partial charge in [-0.15, -0.1) is 0 Å². The quantitative estimate of drug-likeness (QED) is 0.768. The van der Waals surface area contributed by atoms with Gasteiger partial charge in [0.2, 0.25) is 0 Å². The van der Waals surface area contributed by atoms with Gasteiger partial charge in [0.25, 0.3) is 0 Å². The van der Waals surface area contributed by atoms with Crippen molar-refractivity contribution in [1.82, 2.24) is 0 Å². The number of carbonyl (C=O) groups excluding carboxylic acids is 2. The van der Waals surface area contributed by atoms with Gasteiger partial charge in [0.15, 0.2) is 11.8 Å². The van der Waals surface area contributed by atoms with Gasteiger partial charge in [-0.3, -0.25) is 0 Å². The third-order valence-corrected chi connectivity index (χ3v) is 4.14. The summed E-state index contributed by atoms with van der Waals surface area (Å²) in [4.78, 5) is 24.3. The molecule has 0 bridgehead atoms. The van der Waals surface area contributed by atoms with Gasteiger partial charge < -0.3 is 14.2 Å². The van der Waals surface area contributed by atoms with Crippen LogP contribution in [0.15, 0.2) is 60.7 Å². The van der Waals surface area contributed by atoms with Crippen LogP contribution in [0.25, 0.3) is 0 Å². The zero-order chi connectivity index (χ0) is 18.6. The lowest BCUT2D eigenvalue weighted by molar-refractivity contribution is -0.0419. The molecule has 1 heterocycles. The highest BCUT2D eigenvalue weighted by atomic mass is 19.1. The first-order valence-electron chi connectivity index (χ1n) is 8.26. The van der Waals surface area contributed by atoms with Crippen molar-refractivity contribution in [2.75, 3.05) is 13.2 Å². The van der Waals surface area contributed by atoms with Gasteiger partial charge in [-0.25, -0.2) is 14.0 Å². The van der Waals surface area contributed by atoms with Crippen LogP contribution in [0, 0.1) is 0 Å². The van der Waals surface area contributed by atoms with E-state index in [9.17, 15) is 14.0 Å². The molecule has 1 aliphatic heterocycles. The smallest absolute Gasteiger partial charge is 0.338 e. The van der Waals surface area contributed by atoms with Crippen LogP contribution < -0.4 is 0 Å². The minimum Gasteiger partial charge on any atom is -0.459 e. The van der Waals surface area contributed by atoms with Crippen molar-refractivity contribution >= 4 is 11.9 Å². The monoisotopic (exact) mass is 358 g/mol. The van der Waals surface area contributed by atoms with Crippen molar-refractivity contribution in [2.45, 2.75) is 24.8 Å². The van der Waals surface area contributed by atoms with Crippen LogP contribution in [0.1, 0.15) is 27.6 Å². The summed E-state index contributed by atoms with van der Waals surface area (Å²) in [5.41, 5.74) is -1.17. The average Bonchev–Trinajstić information content (AvgIpc) is 2.95. The predicted molar refractivity (Wildman–Crippen MR) is 91.6 cm³/mol. The highest BCUT2D eigenvalue weighted by Crippen LogP contribution is 2.32. The Morgan fingerprint density at radius 3 is 2.15 bits per heavy atom. The summed E-state index contributed by atoms with van der Waals surface area (Å²) in [6.45, 7) is 0.849. The van der Waals surface area contributed by atoms with Gasteiger partial charge >= 0.3 is 11.9 Å². The molecule has 3 atom stereocenters. The first-order chi connectivity index (χ1) is 12.5. The minimum absolute atomic E-state index is 0.208. The molecule has 1 fully saturated rings. The number of esters is 2. The highest BCUT2D eigenvalue weighted by Gasteiger charge is 2.50. The first-order valence-corrected chi connectivity index (χ1v) is 8.26. The molecule has 0 radical (unpaired) electrons. The second-order valence-electron chi connectivity index (χ2n) is 6.28. The Kier molecular flexibility index (Phi) is 5.32. The molecule has 0 aliphatic carbocycles. The van der Waals surface area contributed by atoms with Crippen LogP contribution in [0.4, 0.5) is 4.39 Å². The van der Waals surface area contributed by atoms with E-state index in [1.165, 1.54) is 6.92 Å². The fourth-order valence-corrected chi connectivity index (χ4v) is 2.73. The van der Waals surface area contributed by atoms with E-state index < -0.39 is 29.8 Å². The van der Waals surface area contributed by atoms with Crippen LogP contribution in [0.5, 0.6) is 0 Å². The first kappa shape index (κ1) is 18.1. The summed E-state index contributed by atoms with van der Waals surface area (Å²) in [6, 6.07) is 16.7. The molecule has 26 heavy (non-hydrogen) atoms. The molecule has 0 spiro atoms. The highest BCUT2D eigenvalue weighted by molar-refractivity contribution is 5.90. The maximum absolute atomic E-state index is 14.7. The summed E-state index contributed by atoms with van der Waals surface area (Å²) in [5, 5.41) is 0. The van der Waals surface area contributed by atoms with Crippen molar-refractivity contribution in [3.8, 4) is 0 Å². The molecule has 0 N–H and O–H groups in total. The Bertz CT molecular complexity index is 760. The zero-order valence-corrected chi connectivity index (χ0v) is 14.3. The van der Waals surface area contributed by atoms with Crippen molar-refractivity contribution in [1.29, 1.82) is 0 Å². The van der Waals surface area contributed by atoms with E-state index in [4.69, 9.17) is 14.2 Å². The lowest BCUT2D eigenvalue weighted by atomic mass is 10.0. The van der Waals surface area contributed by atoms with E-state index in [1.807, 2.05) is 0 Å². The number of alkyl halides is 1. The molecular weight excluding hydrogens is 339 g/mol. The largest absolute Gasteiger partial charge is 0.459 e. The topological polar surface area (TPSA) is 61.8 Å². The summed E-state index contributed by atoms with van der Waals surface area (Å²) >= 11 is 0. The van der Waals surface area contributed by atoms with E-state index in [-0.39, 0.29) is 13.2 Å². The molecule has 2 aromatic carbocycles. The molecule has 0 aromatic heterocycles. The van der Waals surface area contributed by atoms with Gasteiger partial charge in [-0.2, -0.15) is 0 Å². The normalized spacial score (nSPS) is 24.8. The molecule has 0 amide bonds. The third kappa shape index (κ3) is 4.08. The van der Waals surface area contributed by atoms with Crippen LogP contribution in [-0.2, 0) is 14.2 Å².